The fraction of sp³-hybridized carbons (Fsp3) is 0.692. The number of methoxy groups -OCH3 is 1. The molecular formula is C13H24N6O2. The van der Waals surface area contributed by atoms with Gasteiger partial charge in [-0.1, -0.05) is 0 Å². The number of nitrogens with two attached hydrogens (primary N) is 1. The lowest BCUT2D eigenvalue weighted by molar-refractivity contribution is 0.188. The summed E-state index contributed by atoms with van der Waals surface area (Å²) in [5.74, 6) is 1.42. The van der Waals surface area contributed by atoms with E-state index in [2.05, 4.69) is 25.1 Å². The third-order valence-corrected chi connectivity index (χ3v) is 3.55. The Labute approximate surface area is 124 Å². The lowest BCUT2D eigenvalue weighted by Gasteiger charge is -2.35. The molecule has 1 aromatic rings. The van der Waals surface area contributed by atoms with E-state index in [0.29, 0.717) is 24.7 Å². The van der Waals surface area contributed by atoms with Crippen LogP contribution in [0.2, 0.25) is 0 Å². The lowest BCUT2D eigenvalue weighted by atomic mass is 10.3. The molecule has 1 aliphatic rings. The maximum absolute atomic E-state index is 8.97. The molecule has 1 saturated heterocycles. The Hall–Kier alpha value is -1.64. The zero-order valence-electron chi connectivity index (χ0n) is 12.5. The Morgan fingerprint density at radius 3 is 2.76 bits per heavy atom. The molecule has 8 heteroatoms. The summed E-state index contributed by atoms with van der Waals surface area (Å²) < 4.78 is 5.00. The minimum atomic E-state index is 0.198. The number of nitrogens with one attached hydrogen (secondary N) is 1. The smallest absolute Gasteiger partial charge is 0.157 e. The van der Waals surface area contributed by atoms with Gasteiger partial charge < -0.3 is 25.8 Å². The van der Waals surface area contributed by atoms with Crippen LogP contribution < -0.4 is 16.0 Å². The van der Waals surface area contributed by atoms with Crippen LogP contribution >= 0.6 is 0 Å². The number of aliphatic hydroxyl groups excluding tert-OH is 1. The summed E-state index contributed by atoms with van der Waals surface area (Å²) in [6, 6.07) is 0. The van der Waals surface area contributed by atoms with Crippen LogP contribution in [0.25, 0.3) is 0 Å². The summed E-state index contributed by atoms with van der Waals surface area (Å²) in [5.41, 5.74) is 6.74. The van der Waals surface area contributed by atoms with Gasteiger partial charge in [0.1, 0.15) is 12.0 Å². The van der Waals surface area contributed by atoms with Crippen molar-refractivity contribution in [2.75, 3.05) is 75.5 Å². The second-order valence-electron chi connectivity index (χ2n) is 4.93. The molecule has 4 N–H and O–H groups in total. The van der Waals surface area contributed by atoms with Gasteiger partial charge in [-0.2, -0.15) is 0 Å². The monoisotopic (exact) mass is 296 g/mol. The predicted molar refractivity (Wildman–Crippen MR) is 82.5 cm³/mol. The van der Waals surface area contributed by atoms with E-state index >= 15 is 0 Å². The Morgan fingerprint density at radius 2 is 2.10 bits per heavy atom. The lowest BCUT2D eigenvalue weighted by Crippen LogP contribution is -2.47. The van der Waals surface area contributed by atoms with Crippen LogP contribution in [0.5, 0.6) is 0 Å². The fourth-order valence-corrected chi connectivity index (χ4v) is 2.38. The van der Waals surface area contributed by atoms with Gasteiger partial charge in [0.25, 0.3) is 0 Å². The molecule has 1 aromatic heterocycles. The molecule has 1 aliphatic heterocycles. The molecule has 8 nitrogen and oxygen atoms in total. The van der Waals surface area contributed by atoms with Crippen LogP contribution in [0.1, 0.15) is 0 Å². The standard InChI is InChI=1S/C13H24N6O2/c1-21-9-2-15-12-11(14)13(17-10-16-12)19-5-3-18(4-6-19)7-8-20/h10,20H,2-9,14H2,1H3,(H,15,16,17). The molecule has 21 heavy (non-hydrogen) atoms. The predicted octanol–water partition coefficient (Wildman–Crippen LogP) is -0.769. The van der Waals surface area contributed by atoms with Gasteiger partial charge in [-0.05, 0) is 0 Å². The van der Waals surface area contributed by atoms with Crippen LogP contribution in [-0.2, 0) is 4.74 Å². The number of rotatable bonds is 7. The van der Waals surface area contributed by atoms with Crippen LogP contribution in [0.3, 0.4) is 0 Å². The fourth-order valence-electron chi connectivity index (χ4n) is 2.38. The first-order valence-electron chi connectivity index (χ1n) is 7.17. The van der Waals surface area contributed by atoms with Gasteiger partial charge in [-0.15, -0.1) is 0 Å². The van der Waals surface area contributed by atoms with Crippen molar-refractivity contribution in [1.29, 1.82) is 0 Å². The summed E-state index contributed by atoms with van der Waals surface area (Å²) in [6.07, 6.45) is 1.53. The van der Waals surface area contributed by atoms with Crippen LogP contribution in [0.4, 0.5) is 17.3 Å². The molecule has 0 radical (unpaired) electrons. The molecule has 0 atom stereocenters. The number of β-amino-alcohol motifs (C(OH)–C–C–N with tert-alkyl or cyclic N) is 1. The highest BCUT2D eigenvalue weighted by atomic mass is 16.5. The third-order valence-electron chi connectivity index (χ3n) is 3.55. The highest BCUT2D eigenvalue weighted by molar-refractivity contribution is 5.74. The van der Waals surface area contributed by atoms with Crippen LogP contribution in [0, 0.1) is 0 Å². The number of hydrogen-bond donors (Lipinski definition) is 3. The molecule has 0 aliphatic carbocycles. The Morgan fingerprint density at radius 1 is 1.33 bits per heavy atom. The number of anilines is 3. The summed E-state index contributed by atoms with van der Waals surface area (Å²) in [7, 11) is 1.66. The molecule has 2 rings (SSSR count). The first-order chi connectivity index (χ1) is 10.3. The quantitative estimate of drug-likeness (QED) is 0.564. The second kappa shape index (κ2) is 7.96. The molecular weight excluding hydrogens is 272 g/mol. The van der Waals surface area contributed by atoms with Crippen LogP contribution in [0.15, 0.2) is 6.33 Å². The molecule has 0 amide bonds. The molecule has 0 spiro atoms. The van der Waals surface area contributed by atoms with Gasteiger partial charge in [-0.3, -0.25) is 4.90 Å². The summed E-state index contributed by atoms with van der Waals surface area (Å²) in [6.45, 7) is 5.66. The highest BCUT2D eigenvalue weighted by Crippen LogP contribution is 2.26. The van der Waals surface area contributed by atoms with Gasteiger partial charge in [0, 0.05) is 46.4 Å². The number of nitrogen functional groups attached to an aromatic ring is 1. The number of nitrogens with zero attached hydrogens (tertiary/aromatic N) is 4. The van der Waals surface area contributed by atoms with Crippen molar-refractivity contribution in [3.05, 3.63) is 6.33 Å². The molecule has 0 bridgehead atoms. The van der Waals surface area contributed by atoms with Crippen LogP contribution in [-0.4, -0.2) is 79.6 Å². The van der Waals surface area contributed by atoms with Gasteiger partial charge >= 0.3 is 0 Å². The van der Waals surface area contributed by atoms with Gasteiger partial charge in [-0.25, -0.2) is 9.97 Å². The highest BCUT2D eigenvalue weighted by Gasteiger charge is 2.20. The first kappa shape index (κ1) is 15.7. The normalized spacial score (nSPS) is 16.2. The Kier molecular flexibility index (Phi) is 5.97. The average molecular weight is 296 g/mol. The minimum Gasteiger partial charge on any atom is -0.395 e. The maximum atomic E-state index is 8.97. The molecule has 2 heterocycles. The van der Waals surface area contributed by atoms with Crippen molar-refractivity contribution in [3.8, 4) is 0 Å². The van der Waals surface area contributed by atoms with E-state index in [1.165, 1.54) is 6.33 Å². The second-order valence-corrected chi connectivity index (χ2v) is 4.93. The first-order valence-corrected chi connectivity index (χ1v) is 7.17. The van der Waals surface area contributed by atoms with Crippen molar-refractivity contribution in [2.24, 2.45) is 0 Å². The van der Waals surface area contributed by atoms with Gasteiger partial charge in [0.15, 0.2) is 11.6 Å². The summed E-state index contributed by atoms with van der Waals surface area (Å²) in [5, 5.41) is 12.1. The number of ether oxygens (including phenoxy) is 1. The molecule has 0 unspecified atom stereocenters. The van der Waals surface area contributed by atoms with E-state index < -0.39 is 0 Å². The number of aromatic nitrogens is 2. The van der Waals surface area contributed by atoms with Crippen molar-refractivity contribution in [1.82, 2.24) is 14.9 Å². The number of hydrogen-bond acceptors (Lipinski definition) is 8. The van der Waals surface area contributed by atoms with E-state index in [0.717, 1.165) is 38.5 Å². The van der Waals surface area contributed by atoms with Crippen molar-refractivity contribution >= 4 is 17.3 Å². The summed E-state index contributed by atoms with van der Waals surface area (Å²) >= 11 is 0. The Bertz CT molecular complexity index is 437. The molecule has 1 fully saturated rings. The molecule has 0 saturated carbocycles. The van der Waals surface area contributed by atoms with E-state index in [4.69, 9.17) is 15.6 Å². The number of aliphatic hydroxyl groups is 1. The minimum absolute atomic E-state index is 0.198. The largest absolute Gasteiger partial charge is 0.395 e. The van der Waals surface area contributed by atoms with Gasteiger partial charge in [0.2, 0.25) is 0 Å². The van der Waals surface area contributed by atoms with Crippen molar-refractivity contribution in [2.45, 2.75) is 0 Å². The topological polar surface area (TPSA) is 99.8 Å². The molecule has 118 valence electrons. The maximum Gasteiger partial charge on any atom is 0.157 e. The van der Waals surface area contributed by atoms with Gasteiger partial charge in [0.05, 0.1) is 13.2 Å². The summed E-state index contributed by atoms with van der Waals surface area (Å²) in [4.78, 5) is 12.9. The van der Waals surface area contributed by atoms with Crippen molar-refractivity contribution < 1.29 is 9.84 Å². The van der Waals surface area contributed by atoms with Crippen molar-refractivity contribution in [3.63, 3.8) is 0 Å². The van der Waals surface area contributed by atoms with E-state index in [1.54, 1.807) is 7.11 Å². The zero-order valence-corrected chi connectivity index (χ0v) is 12.5. The number of piperazine rings is 1. The van der Waals surface area contributed by atoms with E-state index in [9.17, 15) is 0 Å². The average Bonchev–Trinajstić information content (AvgIpc) is 2.51. The van der Waals surface area contributed by atoms with E-state index in [-0.39, 0.29) is 6.61 Å². The Balaban J connectivity index is 1.98. The molecule has 0 aromatic carbocycles. The SMILES string of the molecule is COCCNc1ncnc(N2CCN(CCO)CC2)c1N. The zero-order chi connectivity index (χ0) is 15.1. The third kappa shape index (κ3) is 4.16. The van der Waals surface area contributed by atoms with E-state index in [1.807, 2.05) is 0 Å².